The number of imide groups is 1. The number of benzene rings is 2. The van der Waals surface area contributed by atoms with Crippen LogP contribution in [0.25, 0.3) is 0 Å². The summed E-state index contributed by atoms with van der Waals surface area (Å²) in [5.74, 6) is -1.57. The van der Waals surface area contributed by atoms with Crippen molar-refractivity contribution in [2.45, 2.75) is 70.4 Å². The van der Waals surface area contributed by atoms with Crippen LogP contribution in [0.5, 0.6) is 0 Å². The van der Waals surface area contributed by atoms with Crippen molar-refractivity contribution in [3.05, 3.63) is 75.2 Å². The van der Waals surface area contributed by atoms with Crippen LogP contribution >= 0.6 is 22.9 Å². The smallest absolute Gasteiger partial charge is 0.328 e. The van der Waals surface area contributed by atoms with Gasteiger partial charge in [-0.25, -0.2) is 18.2 Å². The van der Waals surface area contributed by atoms with Crippen LogP contribution in [0.3, 0.4) is 0 Å². The maximum atomic E-state index is 14.1. The molecule has 0 saturated carbocycles. The van der Waals surface area contributed by atoms with Crippen LogP contribution in [-0.2, 0) is 43.9 Å². The first kappa shape index (κ1) is 39.2. The van der Waals surface area contributed by atoms with Gasteiger partial charge >= 0.3 is 6.03 Å². The number of anilines is 1. The Labute approximate surface area is 302 Å². The van der Waals surface area contributed by atoms with Crippen LogP contribution in [0, 0.1) is 11.8 Å². The highest BCUT2D eigenvalue weighted by Crippen LogP contribution is 2.27. The van der Waals surface area contributed by atoms with Crippen molar-refractivity contribution >= 4 is 56.5 Å². The number of sulfonamides is 1. The lowest BCUT2D eigenvalue weighted by atomic mass is 9.97. The van der Waals surface area contributed by atoms with Gasteiger partial charge in [-0.15, -0.1) is 11.3 Å². The standard InChI is InChI=1S/C34H45ClN6O7S2/c1-21(2)15-39(50(46,47)25-11-12-26(35)27(36)14-25)17-29(42)28(13-23-9-7-6-8-10-23)38-33(44)32(22(3)4)41-18-31(43)40(34(41)45)16-24-20-49-30(37-24)19-48-5/h6-12,14,20-22,28-29,32,42H,13,15-19,36H2,1-5H3,(H,38,44)/t28-,29+,32-/m0/s1. The van der Waals surface area contributed by atoms with E-state index < -0.39 is 52.0 Å². The fourth-order valence-corrected chi connectivity index (χ4v) is 8.31. The molecule has 2 aromatic carbocycles. The first-order valence-electron chi connectivity index (χ1n) is 16.2. The molecule has 0 spiro atoms. The summed E-state index contributed by atoms with van der Waals surface area (Å²) < 4.78 is 34.0. The van der Waals surface area contributed by atoms with Gasteiger partial charge in [0.2, 0.25) is 15.9 Å². The first-order valence-corrected chi connectivity index (χ1v) is 18.9. The third-order valence-corrected chi connectivity index (χ3v) is 11.2. The van der Waals surface area contributed by atoms with E-state index in [-0.39, 0.29) is 54.1 Å². The first-order chi connectivity index (χ1) is 23.6. The Bertz CT molecular complexity index is 1760. The molecule has 4 rings (SSSR count). The summed E-state index contributed by atoms with van der Waals surface area (Å²) in [6, 6.07) is 10.5. The summed E-state index contributed by atoms with van der Waals surface area (Å²) in [5.41, 5.74) is 7.34. The molecule has 0 bridgehead atoms. The number of aliphatic hydroxyl groups is 1. The van der Waals surface area contributed by atoms with Crippen LogP contribution < -0.4 is 11.1 Å². The number of nitrogens with zero attached hydrogens (tertiary/aromatic N) is 4. The predicted octanol–water partition coefficient (Wildman–Crippen LogP) is 3.75. The van der Waals surface area contributed by atoms with Crippen molar-refractivity contribution in [1.29, 1.82) is 0 Å². The second kappa shape index (κ2) is 17.1. The van der Waals surface area contributed by atoms with E-state index in [4.69, 9.17) is 22.1 Å². The zero-order chi connectivity index (χ0) is 36.7. The second-order valence-corrected chi connectivity index (χ2v) is 16.3. The van der Waals surface area contributed by atoms with Crippen molar-refractivity contribution in [2.75, 3.05) is 32.5 Å². The Morgan fingerprint density at radius 1 is 1.14 bits per heavy atom. The van der Waals surface area contributed by atoms with Gasteiger partial charge in [0.15, 0.2) is 0 Å². The lowest BCUT2D eigenvalue weighted by Crippen LogP contribution is -2.57. The largest absolute Gasteiger partial charge is 0.397 e. The number of hydrogen-bond donors (Lipinski definition) is 3. The number of ether oxygens (including phenoxy) is 1. The van der Waals surface area contributed by atoms with Gasteiger partial charge in [0.05, 0.1) is 46.6 Å². The van der Waals surface area contributed by atoms with Gasteiger partial charge < -0.3 is 25.8 Å². The molecule has 3 aromatic rings. The zero-order valence-electron chi connectivity index (χ0n) is 28.8. The molecule has 1 aliphatic heterocycles. The fraction of sp³-hybridized carbons (Fsp3) is 0.471. The highest BCUT2D eigenvalue weighted by atomic mass is 35.5. The SMILES string of the molecule is COCc1nc(CN2C(=O)CN([C@H](C(=O)N[C@@H](Cc3ccccc3)[C@H](O)CN(CC(C)C)S(=O)(=O)c3ccc(Cl)c(N)c3)C(C)C)C2=O)cs1. The van der Waals surface area contributed by atoms with Crippen LogP contribution in [0.1, 0.15) is 44.0 Å². The van der Waals surface area contributed by atoms with Gasteiger partial charge in [-0.05, 0) is 42.0 Å². The molecule has 1 aromatic heterocycles. The number of methoxy groups -OCH3 is 1. The van der Waals surface area contributed by atoms with Gasteiger partial charge in [-0.3, -0.25) is 14.5 Å². The molecule has 1 saturated heterocycles. The quantitative estimate of drug-likeness (QED) is 0.137. The Morgan fingerprint density at radius 3 is 2.46 bits per heavy atom. The van der Waals surface area contributed by atoms with Crippen molar-refractivity contribution in [2.24, 2.45) is 11.8 Å². The Kier molecular flexibility index (Phi) is 13.4. The Morgan fingerprint density at radius 2 is 1.84 bits per heavy atom. The lowest BCUT2D eigenvalue weighted by molar-refractivity contribution is -0.129. The Balaban J connectivity index is 1.59. The van der Waals surface area contributed by atoms with E-state index in [0.29, 0.717) is 17.3 Å². The zero-order valence-corrected chi connectivity index (χ0v) is 31.2. The van der Waals surface area contributed by atoms with Gasteiger partial charge in [0.25, 0.3) is 5.91 Å². The third-order valence-electron chi connectivity index (χ3n) is 8.16. The summed E-state index contributed by atoms with van der Waals surface area (Å²) in [6.07, 6.45) is -1.21. The van der Waals surface area contributed by atoms with Gasteiger partial charge in [-0.2, -0.15) is 4.31 Å². The molecule has 1 fully saturated rings. The molecule has 0 aliphatic carbocycles. The normalized spacial score (nSPS) is 15.7. The number of amides is 4. The predicted molar refractivity (Wildman–Crippen MR) is 192 cm³/mol. The van der Waals surface area contributed by atoms with E-state index in [0.717, 1.165) is 10.5 Å². The maximum absolute atomic E-state index is 14.1. The minimum absolute atomic E-state index is 0.0460. The van der Waals surface area contributed by atoms with Gasteiger partial charge in [0, 0.05) is 25.6 Å². The molecule has 1 aliphatic rings. The van der Waals surface area contributed by atoms with E-state index in [9.17, 15) is 27.9 Å². The van der Waals surface area contributed by atoms with Crippen LogP contribution in [0.15, 0.2) is 58.8 Å². The number of carbonyl (C=O) groups is 3. The van der Waals surface area contributed by atoms with E-state index in [2.05, 4.69) is 10.3 Å². The molecule has 2 heterocycles. The molecule has 13 nitrogen and oxygen atoms in total. The van der Waals surface area contributed by atoms with Crippen molar-refractivity contribution < 1.29 is 32.6 Å². The molecule has 4 amide bonds. The summed E-state index contributed by atoms with van der Waals surface area (Å²) in [5, 5.41) is 17.3. The summed E-state index contributed by atoms with van der Waals surface area (Å²) in [4.78, 5) is 47.4. The van der Waals surface area contributed by atoms with Crippen LogP contribution in [0.2, 0.25) is 5.02 Å². The fourth-order valence-electron chi connectivity index (χ4n) is 5.78. The van der Waals surface area contributed by atoms with E-state index in [1.54, 1.807) is 26.3 Å². The molecule has 4 N–H and O–H groups in total. The third kappa shape index (κ3) is 9.59. The van der Waals surface area contributed by atoms with E-state index >= 15 is 0 Å². The number of rotatable bonds is 17. The highest BCUT2D eigenvalue weighted by Gasteiger charge is 2.44. The Hall–Kier alpha value is -3.60. The number of nitrogens with one attached hydrogen (secondary N) is 1. The second-order valence-electron chi connectivity index (χ2n) is 13.0. The number of aliphatic hydroxyl groups excluding tert-OH is 1. The number of aromatic nitrogens is 1. The number of nitrogens with two attached hydrogens (primary N) is 1. The van der Waals surface area contributed by atoms with Gasteiger partial charge in [-0.1, -0.05) is 69.6 Å². The minimum atomic E-state index is -4.14. The van der Waals surface area contributed by atoms with Crippen LogP contribution in [0.4, 0.5) is 10.5 Å². The molecule has 0 unspecified atom stereocenters. The number of carbonyl (C=O) groups excluding carboxylic acids is 3. The van der Waals surface area contributed by atoms with Crippen molar-refractivity contribution in [3.63, 3.8) is 0 Å². The number of halogens is 1. The topological polar surface area (TPSA) is 175 Å². The summed E-state index contributed by atoms with van der Waals surface area (Å²) in [6.45, 7) is 6.92. The molecule has 16 heteroatoms. The average Bonchev–Trinajstić information content (AvgIpc) is 3.61. The monoisotopic (exact) mass is 748 g/mol. The van der Waals surface area contributed by atoms with Crippen molar-refractivity contribution in [3.8, 4) is 0 Å². The lowest BCUT2D eigenvalue weighted by Gasteiger charge is -2.34. The summed E-state index contributed by atoms with van der Waals surface area (Å²) in [7, 11) is -2.59. The number of nitrogen functional groups attached to an aromatic ring is 1. The van der Waals surface area contributed by atoms with Crippen LogP contribution in [-0.4, -0.2) is 95.4 Å². The van der Waals surface area contributed by atoms with E-state index in [1.165, 1.54) is 38.7 Å². The maximum Gasteiger partial charge on any atom is 0.328 e. The summed E-state index contributed by atoms with van der Waals surface area (Å²) >= 11 is 7.40. The highest BCUT2D eigenvalue weighted by molar-refractivity contribution is 7.89. The minimum Gasteiger partial charge on any atom is -0.397 e. The van der Waals surface area contributed by atoms with Crippen molar-refractivity contribution in [1.82, 2.24) is 24.4 Å². The molecular weight excluding hydrogens is 704 g/mol. The number of hydrogen-bond acceptors (Lipinski definition) is 10. The number of urea groups is 1. The van der Waals surface area contributed by atoms with Gasteiger partial charge in [0.1, 0.15) is 17.6 Å². The molecule has 272 valence electrons. The number of thiazole rings is 1. The molecule has 3 atom stereocenters. The molecular formula is C34H45ClN6O7S2. The molecule has 0 radical (unpaired) electrons. The van der Waals surface area contributed by atoms with E-state index in [1.807, 2.05) is 44.2 Å². The molecule has 50 heavy (non-hydrogen) atoms. The average molecular weight is 749 g/mol.